The third kappa shape index (κ3) is 2.57. The van der Waals surface area contributed by atoms with E-state index in [0.717, 1.165) is 11.8 Å². The van der Waals surface area contributed by atoms with E-state index in [-0.39, 0.29) is 11.7 Å². The van der Waals surface area contributed by atoms with Gasteiger partial charge in [-0.2, -0.15) is 4.98 Å². The van der Waals surface area contributed by atoms with Crippen LogP contribution in [0.2, 0.25) is 5.02 Å². The lowest BCUT2D eigenvalue weighted by molar-refractivity contribution is 0.0690. The van der Waals surface area contributed by atoms with E-state index in [4.69, 9.17) is 21.1 Å². The number of benzene rings is 1. The Morgan fingerprint density at radius 1 is 1.53 bits per heavy atom. The summed E-state index contributed by atoms with van der Waals surface area (Å²) in [6, 6.07) is 5.51. The standard InChI is InChI=1S/C11H9ClN2O3/c1-6-2-3-8(7(12)4-6)13-11-14-9(5-17-11)10(15)16/h2-5H,1H3,(H,13,14)(H,15,16). The van der Waals surface area contributed by atoms with Gasteiger partial charge in [0, 0.05) is 0 Å². The highest BCUT2D eigenvalue weighted by Gasteiger charge is 2.11. The number of aromatic carboxylic acids is 1. The second-order valence-corrected chi connectivity index (χ2v) is 3.86. The summed E-state index contributed by atoms with van der Waals surface area (Å²) >= 11 is 6.00. The smallest absolute Gasteiger partial charge is 0.357 e. The number of carboxylic acids is 1. The number of carboxylic acid groups (broad SMARTS) is 1. The molecule has 5 nitrogen and oxygen atoms in total. The summed E-state index contributed by atoms with van der Waals surface area (Å²) < 4.78 is 4.95. The molecule has 0 aliphatic rings. The molecule has 0 aliphatic heterocycles. The van der Waals surface area contributed by atoms with Gasteiger partial charge in [0.05, 0.1) is 10.7 Å². The zero-order valence-electron chi connectivity index (χ0n) is 8.90. The number of nitrogens with zero attached hydrogens (tertiary/aromatic N) is 1. The van der Waals surface area contributed by atoms with Crippen molar-refractivity contribution >= 4 is 29.3 Å². The third-order valence-corrected chi connectivity index (χ3v) is 2.40. The first-order chi connectivity index (χ1) is 8.06. The van der Waals surface area contributed by atoms with Gasteiger partial charge in [-0.05, 0) is 24.6 Å². The van der Waals surface area contributed by atoms with Crippen LogP contribution < -0.4 is 5.32 Å². The minimum absolute atomic E-state index is 0.0909. The Morgan fingerprint density at radius 3 is 2.88 bits per heavy atom. The van der Waals surface area contributed by atoms with E-state index in [1.54, 1.807) is 12.1 Å². The first kappa shape index (κ1) is 11.5. The van der Waals surface area contributed by atoms with Gasteiger partial charge in [-0.25, -0.2) is 4.79 Å². The Morgan fingerprint density at radius 2 is 2.29 bits per heavy atom. The number of oxazole rings is 1. The van der Waals surface area contributed by atoms with E-state index in [1.807, 2.05) is 13.0 Å². The van der Waals surface area contributed by atoms with Crippen molar-refractivity contribution in [2.45, 2.75) is 6.92 Å². The van der Waals surface area contributed by atoms with Gasteiger partial charge >= 0.3 is 5.97 Å². The van der Waals surface area contributed by atoms with E-state index in [2.05, 4.69) is 10.3 Å². The molecule has 2 N–H and O–H groups in total. The fourth-order valence-electron chi connectivity index (χ4n) is 1.27. The summed E-state index contributed by atoms with van der Waals surface area (Å²) in [6.07, 6.45) is 1.06. The fourth-order valence-corrected chi connectivity index (χ4v) is 1.55. The lowest BCUT2D eigenvalue weighted by Crippen LogP contribution is -1.97. The molecule has 0 atom stereocenters. The Kier molecular flexibility index (Phi) is 3.01. The van der Waals surface area contributed by atoms with Crippen molar-refractivity contribution in [1.82, 2.24) is 4.98 Å². The first-order valence-electron chi connectivity index (χ1n) is 4.78. The summed E-state index contributed by atoms with van der Waals surface area (Å²) in [7, 11) is 0. The van der Waals surface area contributed by atoms with Gasteiger partial charge in [0.25, 0.3) is 6.01 Å². The SMILES string of the molecule is Cc1ccc(Nc2nc(C(=O)O)co2)c(Cl)c1. The first-order valence-corrected chi connectivity index (χ1v) is 5.16. The molecule has 6 heteroatoms. The summed E-state index contributed by atoms with van der Waals surface area (Å²) in [5, 5.41) is 12.0. The maximum absolute atomic E-state index is 10.6. The molecule has 0 amide bonds. The van der Waals surface area contributed by atoms with Crippen molar-refractivity contribution in [2.75, 3.05) is 5.32 Å². The molecule has 17 heavy (non-hydrogen) atoms. The zero-order valence-corrected chi connectivity index (χ0v) is 9.65. The van der Waals surface area contributed by atoms with Crippen molar-refractivity contribution in [3.8, 4) is 0 Å². The molecule has 0 bridgehead atoms. The molecule has 0 fully saturated rings. The monoisotopic (exact) mass is 252 g/mol. The molecule has 0 saturated carbocycles. The van der Waals surface area contributed by atoms with Crippen LogP contribution in [0.3, 0.4) is 0 Å². The highest BCUT2D eigenvalue weighted by molar-refractivity contribution is 6.33. The van der Waals surface area contributed by atoms with Crippen molar-refractivity contribution < 1.29 is 14.3 Å². The van der Waals surface area contributed by atoms with E-state index >= 15 is 0 Å². The van der Waals surface area contributed by atoms with Crippen molar-refractivity contribution in [1.29, 1.82) is 0 Å². The predicted molar refractivity (Wildman–Crippen MR) is 62.9 cm³/mol. The molecule has 2 aromatic rings. The van der Waals surface area contributed by atoms with E-state index in [9.17, 15) is 4.79 Å². The number of halogens is 1. The Bertz CT molecular complexity index is 566. The van der Waals surface area contributed by atoms with E-state index < -0.39 is 5.97 Å². The van der Waals surface area contributed by atoms with Gasteiger partial charge in [-0.1, -0.05) is 17.7 Å². The van der Waals surface area contributed by atoms with Gasteiger partial charge in [0.1, 0.15) is 6.26 Å². The van der Waals surface area contributed by atoms with Gasteiger partial charge < -0.3 is 14.8 Å². The highest BCUT2D eigenvalue weighted by atomic mass is 35.5. The van der Waals surface area contributed by atoms with E-state index in [0.29, 0.717) is 10.7 Å². The molecule has 2 rings (SSSR count). The van der Waals surface area contributed by atoms with E-state index in [1.165, 1.54) is 0 Å². The van der Waals surface area contributed by atoms with Gasteiger partial charge in [-0.3, -0.25) is 0 Å². The molecule has 0 saturated heterocycles. The molecule has 1 aromatic carbocycles. The largest absolute Gasteiger partial charge is 0.476 e. The van der Waals surface area contributed by atoms with Crippen molar-refractivity contribution in [3.63, 3.8) is 0 Å². The normalized spacial score (nSPS) is 10.2. The van der Waals surface area contributed by atoms with Crippen LogP contribution >= 0.6 is 11.6 Å². The number of anilines is 2. The van der Waals surface area contributed by atoms with Crippen LogP contribution in [0.5, 0.6) is 0 Å². The van der Waals surface area contributed by atoms with Gasteiger partial charge in [0.2, 0.25) is 0 Å². The summed E-state index contributed by atoms with van der Waals surface area (Å²) in [6.45, 7) is 1.92. The molecular weight excluding hydrogens is 244 g/mol. The quantitative estimate of drug-likeness (QED) is 0.878. The average Bonchev–Trinajstić information content (AvgIpc) is 2.71. The van der Waals surface area contributed by atoms with Crippen LogP contribution in [0.25, 0.3) is 0 Å². The van der Waals surface area contributed by atoms with Gasteiger partial charge in [0.15, 0.2) is 5.69 Å². The fraction of sp³-hybridized carbons (Fsp3) is 0.0909. The van der Waals surface area contributed by atoms with Crippen molar-refractivity contribution in [2.24, 2.45) is 0 Å². The molecule has 0 spiro atoms. The number of aromatic nitrogens is 1. The molecule has 88 valence electrons. The number of hydrogen-bond acceptors (Lipinski definition) is 4. The van der Waals surface area contributed by atoms with Crippen LogP contribution in [0, 0.1) is 6.92 Å². The maximum Gasteiger partial charge on any atom is 0.357 e. The van der Waals surface area contributed by atoms with Crippen LogP contribution in [0.1, 0.15) is 16.1 Å². The van der Waals surface area contributed by atoms with Crippen LogP contribution in [0.4, 0.5) is 11.7 Å². The number of nitrogens with one attached hydrogen (secondary N) is 1. The van der Waals surface area contributed by atoms with Crippen LogP contribution in [-0.2, 0) is 0 Å². The Balaban J connectivity index is 2.22. The Hall–Kier alpha value is -2.01. The second kappa shape index (κ2) is 4.47. The molecule has 1 heterocycles. The topological polar surface area (TPSA) is 75.4 Å². The summed E-state index contributed by atoms with van der Waals surface area (Å²) in [5.41, 5.74) is 1.48. The summed E-state index contributed by atoms with van der Waals surface area (Å²) in [5.74, 6) is -1.14. The molecule has 0 unspecified atom stereocenters. The highest BCUT2D eigenvalue weighted by Crippen LogP contribution is 2.25. The second-order valence-electron chi connectivity index (χ2n) is 3.45. The van der Waals surface area contributed by atoms with Crippen LogP contribution in [-0.4, -0.2) is 16.1 Å². The third-order valence-electron chi connectivity index (χ3n) is 2.09. The Labute approximate surface area is 102 Å². The predicted octanol–water partition coefficient (Wildman–Crippen LogP) is 3.08. The lowest BCUT2D eigenvalue weighted by atomic mass is 10.2. The number of aryl methyl sites for hydroxylation is 1. The van der Waals surface area contributed by atoms with Gasteiger partial charge in [-0.15, -0.1) is 0 Å². The number of carbonyl (C=O) groups is 1. The number of hydrogen-bond donors (Lipinski definition) is 2. The maximum atomic E-state index is 10.6. The lowest BCUT2D eigenvalue weighted by Gasteiger charge is -2.04. The zero-order chi connectivity index (χ0) is 12.4. The summed E-state index contributed by atoms with van der Waals surface area (Å²) in [4.78, 5) is 14.3. The molecular formula is C11H9ClN2O3. The minimum atomic E-state index is -1.14. The average molecular weight is 253 g/mol. The molecule has 0 aliphatic carbocycles. The molecule has 1 aromatic heterocycles. The van der Waals surface area contributed by atoms with Crippen molar-refractivity contribution in [3.05, 3.63) is 40.7 Å². The number of rotatable bonds is 3. The minimum Gasteiger partial charge on any atom is -0.476 e. The van der Waals surface area contributed by atoms with Crippen LogP contribution in [0.15, 0.2) is 28.9 Å². The molecule has 0 radical (unpaired) electrons.